The maximum atomic E-state index is 14.1. The summed E-state index contributed by atoms with van der Waals surface area (Å²) in [7, 11) is 0. The number of hydrogen-bond acceptors (Lipinski definition) is 8. The second-order valence-electron chi connectivity index (χ2n) is 13.1. The van der Waals surface area contributed by atoms with Gasteiger partial charge < -0.3 is 35.2 Å². The number of carbonyl (C=O) groups is 6. The molecule has 0 bridgehead atoms. The molecule has 4 saturated heterocycles. The predicted molar refractivity (Wildman–Crippen MR) is 165 cm³/mol. The SMILES string of the molecule is CC(C)C1NC(=O)[C@@H](NC(=O)c2ccc(O)cc2)[C@@H](C)OC(=O)C2CCCCN2C(=O)C2CCCCN2C(=O)C2CCCN2C1=O. The molecule has 13 heteroatoms. The van der Waals surface area contributed by atoms with Crippen LogP contribution in [0.1, 0.15) is 82.5 Å². The van der Waals surface area contributed by atoms with Crippen molar-refractivity contribution < 1.29 is 38.6 Å². The number of nitrogens with zero attached hydrogens (tertiary/aromatic N) is 3. The smallest absolute Gasteiger partial charge is 0.329 e. The minimum absolute atomic E-state index is 0.0405. The van der Waals surface area contributed by atoms with Crippen molar-refractivity contribution in [2.24, 2.45) is 5.92 Å². The topological polar surface area (TPSA) is 166 Å². The van der Waals surface area contributed by atoms with E-state index in [-0.39, 0.29) is 29.0 Å². The molecule has 1 aromatic carbocycles. The number of nitrogens with one attached hydrogen (secondary N) is 2. The van der Waals surface area contributed by atoms with E-state index >= 15 is 0 Å². The van der Waals surface area contributed by atoms with Crippen LogP contribution in [0.2, 0.25) is 0 Å². The highest BCUT2D eigenvalue weighted by atomic mass is 16.5. The van der Waals surface area contributed by atoms with Gasteiger partial charge in [-0.15, -0.1) is 0 Å². The van der Waals surface area contributed by atoms with Crippen LogP contribution in [0, 0.1) is 5.92 Å². The van der Waals surface area contributed by atoms with Gasteiger partial charge in [0.2, 0.25) is 23.6 Å². The van der Waals surface area contributed by atoms with Crippen LogP contribution in [0.3, 0.4) is 0 Å². The summed E-state index contributed by atoms with van der Waals surface area (Å²) in [5, 5.41) is 15.1. The largest absolute Gasteiger partial charge is 0.508 e. The number of amides is 5. The van der Waals surface area contributed by atoms with Gasteiger partial charge in [-0.25, -0.2) is 4.79 Å². The second kappa shape index (κ2) is 14.1. The third-order valence-electron chi connectivity index (χ3n) is 9.65. The van der Waals surface area contributed by atoms with Crippen LogP contribution in [0.5, 0.6) is 5.75 Å². The molecule has 4 unspecified atom stereocenters. The molecule has 1 aromatic rings. The summed E-state index contributed by atoms with van der Waals surface area (Å²) in [5.41, 5.74) is 0.160. The minimum atomic E-state index is -1.40. The Morgan fingerprint density at radius 2 is 1.33 bits per heavy atom. The number of aromatic hydroxyl groups is 1. The Balaban J connectivity index is 1.52. The standard InChI is InChI=1S/C33H45N5O8/c1-19(2)26-32(44)37-18-8-11-24(37)30(42)36-16-6-4-9-23(36)31(43)38-17-7-5-10-25(38)33(45)46-20(3)27(29(41)34-26)35-28(40)21-12-14-22(39)15-13-21/h12-15,19-20,23-27,39H,4-11,16-18H2,1-3H3,(H,34,41)(H,35,40)/t20-,23?,24?,25?,26?,27+/m1/s1. The zero-order valence-corrected chi connectivity index (χ0v) is 26.8. The number of carbonyl (C=O) groups excluding carboxylic acids is 6. The second-order valence-corrected chi connectivity index (χ2v) is 13.1. The molecule has 4 heterocycles. The average Bonchev–Trinajstić information content (AvgIpc) is 3.55. The van der Waals surface area contributed by atoms with Crippen molar-refractivity contribution in [1.29, 1.82) is 0 Å². The highest BCUT2D eigenvalue weighted by Crippen LogP contribution is 2.29. The van der Waals surface area contributed by atoms with E-state index in [1.165, 1.54) is 41.0 Å². The lowest BCUT2D eigenvalue weighted by atomic mass is 9.95. The first-order valence-corrected chi connectivity index (χ1v) is 16.5. The highest BCUT2D eigenvalue weighted by Gasteiger charge is 2.47. The van der Waals surface area contributed by atoms with Gasteiger partial charge in [0, 0.05) is 25.2 Å². The van der Waals surface area contributed by atoms with Crippen LogP contribution < -0.4 is 10.6 Å². The van der Waals surface area contributed by atoms with Gasteiger partial charge in [-0.1, -0.05) is 13.8 Å². The molecule has 5 rings (SSSR count). The lowest BCUT2D eigenvalue weighted by Gasteiger charge is -2.43. The van der Waals surface area contributed by atoms with E-state index in [0.717, 1.165) is 12.8 Å². The number of ether oxygens (including phenoxy) is 1. The van der Waals surface area contributed by atoms with Crippen LogP contribution >= 0.6 is 0 Å². The van der Waals surface area contributed by atoms with Crippen molar-refractivity contribution in [2.75, 3.05) is 19.6 Å². The number of benzene rings is 1. The number of fused-ring (bicyclic) bond motifs is 3. The molecule has 0 spiro atoms. The first kappa shape index (κ1) is 33.2. The molecule has 3 N–H and O–H groups in total. The molecular formula is C33H45N5O8. The summed E-state index contributed by atoms with van der Waals surface area (Å²) in [4.78, 5) is 87.8. The molecule has 4 aliphatic rings. The molecule has 4 aliphatic heterocycles. The Labute approximate surface area is 269 Å². The maximum absolute atomic E-state index is 14.1. The molecule has 0 aliphatic carbocycles. The van der Waals surface area contributed by atoms with Gasteiger partial charge in [0.25, 0.3) is 5.91 Å². The van der Waals surface area contributed by atoms with Gasteiger partial charge in [-0.05, 0) is 88.5 Å². The fourth-order valence-electron chi connectivity index (χ4n) is 7.06. The summed E-state index contributed by atoms with van der Waals surface area (Å²) in [5.74, 6) is -3.51. The predicted octanol–water partition coefficient (Wildman–Crippen LogP) is 1.33. The van der Waals surface area contributed by atoms with Gasteiger partial charge in [0.15, 0.2) is 0 Å². The van der Waals surface area contributed by atoms with E-state index in [1.54, 1.807) is 18.7 Å². The fourth-order valence-corrected chi connectivity index (χ4v) is 7.06. The average molecular weight is 640 g/mol. The number of phenols is 1. The van der Waals surface area contributed by atoms with Crippen molar-refractivity contribution in [3.63, 3.8) is 0 Å². The zero-order chi connectivity index (χ0) is 33.1. The fraction of sp³-hybridized carbons (Fsp3) is 0.636. The van der Waals surface area contributed by atoms with Gasteiger partial charge in [-0.2, -0.15) is 0 Å². The molecule has 4 fully saturated rings. The molecule has 6 atom stereocenters. The Bertz CT molecular complexity index is 1350. The van der Waals surface area contributed by atoms with Crippen molar-refractivity contribution in [3.05, 3.63) is 29.8 Å². The van der Waals surface area contributed by atoms with Crippen LogP contribution in [0.25, 0.3) is 0 Å². The molecule has 0 aromatic heterocycles. The molecule has 5 amide bonds. The van der Waals surface area contributed by atoms with Crippen LogP contribution in [0.4, 0.5) is 0 Å². The first-order chi connectivity index (χ1) is 22.0. The molecule has 13 nitrogen and oxygen atoms in total. The highest BCUT2D eigenvalue weighted by molar-refractivity contribution is 6.00. The molecule has 0 saturated carbocycles. The molecule has 46 heavy (non-hydrogen) atoms. The number of esters is 1. The quantitative estimate of drug-likeness (QED) is 0.417. The van der Waals surface area contributed by atoms with Gasteiger partial charge >= 0.3 is 5.97 Å². The van der Waals surface area contributed by atoms with Crippen LogP contribution in [-0.4, -0.2) is 111 Å². The van der Waals surface area contributed by atoms with Crippen LogP contribution in [0.15, 0.2) is 24.3 Å². The van der Waals surface area contributed by atoms with E-state index in [2.05, 4.69) is 10.6 Å². The Kier molecular flexibility index (Phi) is 10.2. The lowest BCUT2D eigenvalue weighted by Crippen LogP contribution is -2.63. The summed E-state index contributed by atoms with van der Waals surface area (Å²) in [6.45, 7) is 6.10. The maximum Gasteiger partial charge on any atom is 0.329 e. The Morgan fingerprint density at radius 3 is 1.93 bits per heavy atom. The van der Waals surface area contributed by atoms with Gasteiger partial charge in [-0.3, -0.25) is 24.0 Å². The molecular weight excluding hydrogens is 594 g/mol. The van der Waals surface area contributed by atoms with Crippen molar-refractivity contribution in [3.8, 4) is 5.75 Å². The van der Waals surface area contributed by atoms with E-state index in [0.29, 0.717) is 58.2 Å². The molecule has 250 valence electrons. The minimum Gasteiger partial charge on any atom is -0.508 e. The summed E-state index contributed by atoms with van der Waals surface area (Å²) in [6.07, 6.45) is 3.61. The van der Waals surface area contributed by atoms with E-state index in [9.17, 15) is 33.9 Å². The number of hydrogen-bond donors (Lipinski definition) is 3. The number of piperidine rings is 2. The third kappa shape index (κ3) is 6.82. The Morgan fingerprint density at radius 1 is 0.804 bits per heavy atom. The van der Waals surface area contributed by atoms with Crippen molar-refractivity contribution in [1.82, 2.24) is 25.3 Å². The number of rotatable bonds is 3. The van der Waals surface area contributed by atoms with Crippen molar-refractivity contribution in [2.45, 2.75) is 108 Å². The summed E-state index contributed by atoms with van der Waals surface area (Å²) >= 11 is 0. The number of phenolic OH excluding ortho intramolecular Hbond substituents is 1. The Hall–Kier alpha value is -4.16. The number of cyclic esters (lactones) is 1. The van der Waals surface area contributed by atoms with Gasteiger partial charge in [0.05, 0.1) is 0 Å². The van der Waals surface area contributed by atoms with Gasteiger partial charge in [0.1, 0.15) is 42.1 Å². The van der Waals surface area contributed by atoms with E-state index in [4.69, 9.17) is 4.74 Å². The first-order valence-electron chi connectivity index (χ1n) is 16.5. The van der Waals surface area contributed by atoms with E-state index < -0.39 is 60.0 Å². The lowest BCUT2D eigenvalue weighted by molar-refractivity contribution is -0.166. The van der Waals surface area contributed by atoms with E-state index in [1.807, 2.05) is 0 Å². The molecule has 0 radical (unpaired) electrons. The third-order valence-corrected chi connectivity index (χ3v) is 9.65. The van der Waals surface area contributed by atoms with Crippen molar-refractivity contribution >= 4 is 35.5 Å². The summed E-state index contributed by atoms with van der Waals surface area (Å²) in [6, 6.07) is 0.608. The van der Waals surface area contributed by atoms with Crippen LogP contribution in [-0.2, 0) is 28.7 Å². The zero-order valence-electron chi connectivity index (χ0n) is 26.8. The normalized spacial score (nSPS) is 29.9. The monoisotopic (exact) mass is 639 g/mol. The summed E-state index contributed by atoms with van der Waals surface area (Å²) < 4.78 is 5.83.